The number of nitrogens with zero attached hydrogens (tertiary/aromatic N) is 4. The van der Waals surface area contributed by atoms with Crippen molar-refractivity contribution in [3.05, 3.63) is 143 Å². The predicted octanol–water partition coefficient (Wildman–Crippen LogP) is 10.7. The van der Waals surface area contributed by atoms with E-state index in [0.29, 0.717) is 36.2 Å². The third-order valence-electron chi connectivity index (χ3n) is 10.5. The van der Waals surface area contributed by atoms with Crippen LogP contribution in [0.25, 0.3) is 10.8 Å². The third-order valence-corrected chi connectivity index (χ3v) is 10.5. The minimum atomic E-state index is 0.0598. The lowest BCUT2D eigenvalue weighted by molar-refractivity contribution is 0.220. The van der Waals surface area contributed by atoms with Crippen molar-refractivity contribution in [1.29, 1.82) is 0 Å². The minimum Gasteiger partial charge on any atom is -0.370 e. The van der Waals surface area contributed by atoms with Gasteiger partial charge >= 0.3 is 0 Å². The summed E-state index contributed by atoms with van der Waals surface area (Å²) in [6.07, 6.45) is 0. The summed E-state index contributed by atoms with van der Waals surface area (Å²) in [7, 11) is 0. The Bertz CT molecular complexity index is 2070. The fourth-order valence-corrected chi connectivity index (χ4v) is 7.81. The summed E-state index contributed by atoms with van der Waals surface area (Å²) in [5.74, 6) is 4.74. The molecule has 284 valence electrons. The number of aromatic nitrogens is 4. The van der Waals surface area contributed by atoms with Gasteiger partial charge in [0.25, 0.3) is 0 Å². The first-order valence-corrected chi connectivity index (χ1v) is 20.0. The van der Waals surface area contributed by atoms with E-state index in [9.17, 15) is 0 Å². The summed E-state index contributed by atoms with van der Waals surface area (Å²) in [4.78, 5) is 20.6. The van der Waals surface area contributed by atoms with E-state index in [1.165, 1.54) is 27.5 Å². The fraction of sp³-hybridized carbons (Fsp3) is 0.362. The van der Waals surface area contributed by atoms with Crippen molar-refractivity contribution in [1.82, 2.24) is 19.9 Å². The van der Waals surface area contributed by atoms with Gasteiger partial charge < -0.3 is 21.3 Å². The van der Waals surface area contributed by atoms with Crippen LogP contribution in [0.1, 0.15) is 93.3 Å². The average molecular weight is 733 g/mol. The summed E-state index contributed by atoms with van der Waals surface area (Å²) in [5, 5.41) is 16.9. The summed E-state index contributed by atoms with van der Waals surface area (Å²) in [6, 6.07) is 41.2. The Morgan fingerprint density at radius 3 is 1.44 bits per heavy atom. The number of anilines is 4. The van der Waals surface area contributed by atoms with E-state index in [0.717, 1.165) is 42.7 Å². The van der Waals surface area contributed by atoms with Gasteiger partial charge in [-0.3, -0.25) is 0 Å². The van der Waals surface area contributed by atoms with Gasteiger partial charge in [-0.1, -0.05) is 145 Å². The van der Waals surface area contributed by atoms with Crippen molar-refractivity contribution in [2.75, 3.05) is 40.9 Å². The van der Waals surface area contributed by atoms with Gasteiger partial charge in [-0.2, -0.15) is 9.97 Å². The molecule has 4 N–H and O–H groups in total. The second-order valence-corrected chi connectivity index (χ2v) is 16.2. The van der Waals surface area contributed by atoms with Crippen LogP contribution in [0.4, 0.5) is 23.5 Å². The van der Waals surface area contributed by atoms with Crippen molar-refractivity contribution >= 4 is 34.3 Å². The van der Waals surface area contributed by atoms with Gasteiger partial charge in [-0.25, -0.2) is 9.97 Å². The standard InChI is InChI=1S/C47H56N8/c1-30(2)26-48-40-24-38(52-46(54-40)50-28-32(5)6)44-42(34-17-9-7-10-18-34)45(43(44)35-19-11-8-12-20-35)39-25-41(49-27-31(3)4)55-47(53-39)51-29-36-22-15-21-33-16-13-14-23-37(33)36/h7-25,30-32,42-45H,26-29H2,1-6H3,(H2,48,50,52,54)(H2,49,51,53,55). The molecular weight excluding hydrogens is 677 g/mol. The first-order chi connectivity index (χ1) is 26.7. The molecule has 8 nitrogen and oxygen atoms in total. The zero-order valence-electron chi connectivity index (χ0n) is 33.1. The van der Waals surface area contributed by atoms with Gasteiger partial charge in [-0.05, 0) is 45.2 Å². The van der Waals surface area contributed by atoms with Crippen molar-refractivity contribution < 1.29 is 0 Å². The summed E-state index contributed by atoms with van der Waals surface area (Å²) in [6.45, 7) is 16.4. The van der Waals surface area contributed by atoms with Crippen molar-refractivity contribution in [2.24, 2.45) is 17.8 Å². The Labute approximate surface area is 327 Å². The van der Waals surface area contributed by atoms with Crippen LogP contribution in [0.5, 0.6) is 0 Å². The van der Waals surface area contributed by atoms with Crippen LogP contribution >= 0.6 is 0 Å². The lowest BCUT2D eigenvalue weighted by atomic mass is 9.50. The van der Waals surface area contributed by atoms with Crippen molar-refractivity contribution in [3.63, 3.8) is 0 Å². The van der Waals surface area contributed by atoms with Crippen LogP contribution < -0.4 is 21.3 Å². The minimum absolute atomic E-state index is 0.0598. The highest BCUT2D eigenvalue weighted by atomic mass is 15.2. The monoisotopic (exact) mass is 732 g/mol. The second-order valence-electron chi connectivity index (χ2n) is 16.2. The second kappa shape index (κ2) is 17.3. The summed E-state index contributed by atoms with van der Waals surface area (Å²) < 4.78 is 0. The molecule has 0 radical (unpaired) electrons. The molecule has 1 saturated carbocycles. The predicted molar refractivity (Wildman–Crippen MR) is 229 cm³/mol. The Hall–Kier alpha value is -5.50. The van der Waals surface area contributed by atoms with E-state index < -0.39 is 0 Å². The van der Waals surface area contributed by atoms with Gasteiger partial charge in [0.1, 0.15) is 11.6 Å². The molecule has 0 saturated heterocycles. The highest BCUT2D eigenvalue weighted by molar-refractivity contribution is 5.85. The van der Waals surface area contributed by atoms with Gasteiger partial charge in [0.05, 0.1) is 11.4 Å². The first-order valence-electron chi connectivity index (χ1n) is 20.0. The maximum absolute atomic E-state index is 5.37. The van der Waals surface area contributed by atoms with Crippen LogP contribution in [-0.2, 0) is 6.54 Å². The topological polar surface area (TPSA) is 99.7 Å². The number of rotatable bonds is 16. The zero-order chi connectivity index (χ0) is 38.3. The maximum atomic E-state index is 5.37. The summed E-state index contributed by atoms with van der Waals surface area (Å²) in [5.41, 5.74) is 5.82. The molecule has 4 aromatic carbocycles. The molecule has 2 heterocycles. The molecule has 0 amide bonds. The Balaban J connectivity index is 1.34. The Kier molecular flexibility index (Phi) is 11.9. The molecule has 0 spiro atoms. The molecule has 2 atom stereocenters. The third kappa shape index (κ3) is 9.07. The molecule has 0 aliphatic heterocycles. The lowest BCUT2D eigenvalue weighted by Gasteiger charge is -2.52. The van der Waals surface area contributed by atoms with E-state index in [4.69, 9.17) is 19.9 Å². The fourth-order valence-electron chi connectivity index (χ4n) is 7.81. The molecule has 0 bridgehead atoms. The molecule has 7 rings (SSSR count). The van der Waals surface area contributed by atoms with E-state index in [1.54, 1.807) is 0 Å². The molecule has 6 aromatic rings. The largest absolute Gasteiger partial charge is 0.370 e. The van der Waals surface area contributed by atoms with Gasteiger partial charge in [0.15, 0.2) is 0 Å². The molecule has 1 aliphatic rings. The Morgan fingerprint density at radius 1 is 0.455 bits per heavy atom. The van der Waals surface area contributed by atoms with Crippen LogP contribution in [0.15, 0.2) is 115 Å². The average Bonchev–Trinajstić information content (AvgIpc) is 3.18. The number of benzene rings is 4. The van der Waals surface area contributed by atoms with Gasteiger partial charge in [-0.15, -0.1) is 0 Å². The number of hydrogen-bond donors (Lipinski definition) is 4. The van der Waals surface area contributed by atoms with E-state index >= 15 is 0 Å². The van der Waals surface area contributed by atoms with Gasteiger partial charge in [0, 0.05) is 62.0 Å². The molecule has 2 unspecified atom stereocenters. The normalized spacial score (nSPS) is 18.1. The van der Waals surface area contributed by atoms with Crippen LogP contribution in [-0.4, -0.2) is 39.6 Å². The molecule has 2 aromatic heterocycles. The van der Waals surface area contributed by atoms with Gasteiger partial charge in [0.2, 0.25) is 11.9 Å². The van der Waals surface area contributed by atoms with Crippen molar-refractivity contribution in [3.8, 4) is 0 Å². The maximum Gasteiger partial charge on any atom is 0.225 e. The molecule has 1 fully saturated rings. The molecule has 1 aliphatic carbocycles. The number of fused-ring (bicyclic) bond motifs is 1. The van der Waals surface area contributed by atoms with Crippen LogP contribution in [0.3, 0.4) is 0 Å². The number of nitrogens with one attached hydrogen (secondary N) is 4. The zero-order valence-corrected chi connectivity index (χ0v) is 33.1. The van der Waals surface area contributed by atoms with E-state index in [-0.39, 0.29) is 23.7 Å². The molecular formula is C47H56N8. The van der Waals surface area contributed by atoms with E-state index in [2.05, 4.69) is 178 Å². The quantitative estimate of drug-likeness (QED) is 0.0780. The molecule has 8 heteroatoms. The van der Waals surface area contributed by atoms with Crippen LogP contribution in [0, 0.1) is 17.8 Å². The SMILES string of the molecule is CC(C)CNc1cc(C2C(c3ccccc3)C(c3cc(NCC(C)C)nc(NCC(C)C)n3)C2c2ccccc2)nc(NCc2cccc3ccccc23)n1. The Morgan fingerprint density at radius 2 is 0.909 bits per heavy atom. The summed E-state index contributed by atoms with van der Waals surface area (Å²) >= 11 is 0. The molecule has 55 heavy (non-hydrogen) atoms. The highest BCUT2D eigenvalue weighted by Crippen LogP contribution is 2.66. The van der Waals surface area contributed by atoms with Crippen molar-refractivity contribution in [2.45, 2.75) is 71.8 Å². The van der Waals surface area contributed by atoms with E-state index in [1.807, 2.05) is 0 Å². The lowest BCUT2D eigenvalue weighted by Crippen LogP contribution is -2.41. The van der Waals surface area contributed by atoms with Crippen LogP contribution in [0.2, 0.25) is 0 Å². The first kappa shape index (κ1) is 37.8. The number of hydrogen-bond acceptors (Lipinski definition) is 8. The smallest absolute Gasteiger partial charge is 0.225 e. The highest BCUT2D eigenvalue weighted by Gasteiger charge is 2.54.